The maximum atomic E-state index is 10.2. The lowest BCUT2D eigenvalue weighted by Gasteiger charge is -2.15. The van der Waals surface area contributed by atoms with Gasteiger partial charge in [-0.05, 0) is 7.05 Å². The number of thiol groups is 2. The van der Waals surface area contributed by atoms with E-state index >= 15 is 0 Å². The second-order valence-corrected chi connectivity index (χ2v) is 2.61. The molecule has 0 aromatic heterocycles. The summed E-state index contributed by atoms with van der Waals surface area (Å²) in [4.78, 5) is 10.2. The van der Waals surface area contributed by atoms with Gasteiger partial charge in [0.25, 0.3) is 0 Å². The average Bonchev–Trinajstić information content (AvgIpc) is 1.64. The number of carboxylic acid groups (broad SMARTS) is 1. The van der Waals surface area contributed by atoms with E-state index in [1.165, 1.54) is 4.31 Å². The topological polar surface area (TPSA) is 40.5 Å². The van der Waals surface area contributed by atoms with Crippen LogP contribution in [0.2, 0.25) is 0 Å². The van der Waals surface area contributed by atoms with E-state index in [2.05, 4.69) is 25.4 Å². The first-order chi connectivity index (χ1) is 4.09. The fourth-order valence-corrected chi connectivity index (χ4v) is 1.07. The fourth-order valence-electron chi connectivity index (χ4n) is 0.356. The minimum absolute atomic E-state index is 0.273. The largest absolute Gasteiger partial charge is 0.480 e. The van der Waals surface area contributed by atoms with Gasteiger partial charge in [-0.1, -0.05) is 12.8 Å². The van der Waals surface area contributed by atoms with Crippen molar-refractivity contribution in [3.63, 3.8) is 0 Å². The molecule has 0 aliphatic heterocycles. The second kappa shape index (κ2) is 4.03. The number of hydrogen-bond donors (Lipinski definition) is 3. The molecule has 0 amide bonds. The number of hydrogen-bond acceptors (Lipinski definition) is 4. The van der Waals surface area contributed by atoms with Crippen molar-refractivity contribution in [2.45, 2.75) is 6.04 Å². The molecular formula is C4H9NO2S2. The van der Waals surface area contributed by atoms with Gasteiger partial charge >= 0.3 is 5.97 Å². The Morgan fingerprint density at radius 1 is 1.89 bits per heavy atom. The van der Waals surface area contributed by atoms with Gasteiger partial charge in [-0.3, -0.25) is 4.79 Å². The van der Waals surface area contributed by atoms with Crippen molar-refractivity contribution < 1.29 is 9.90 Å². The van der Waals surface area contributed by atoms with Gasteiger partial charge in [0.05, 0.1) is 0 Å². The third-order valence-electron chi connectivity index (χ3n) is 0.909. The molecule has 54 valence electrons. The molecule has 0 heterocycles. The summed E-state index contributed by atoms with van der Waals surface area (Å²) in [5.41, 5.74) is 0. The summed E-state index contributed by atoms with van der Waals surface area (Å²) in [6.07, 6.45) is 0. The molecule has 0 aliphatic rings. The zero-order valence-electron chi connectivity index (χ0n) is 4.98. The average molecular weight is 167 g/mol. The van der Waals surface area contributed by atoms with E-state index in [4.69, 9.17) is 5.11 Å². The summed E-state index contributed by atoms with van der Waals surface area (Å²) >= 11 is 7.64. The molecule has 5 heteroatoms. The number of rotatable bonds is 3. The molecule has 1 atom stereocenters. The number of carbonyl (C=O) groups is 1. The predicted octanol–water partition coefficient (Wildman–Crippen LogP) is 0.146. The van der Waals surface area contributed by atoms with Crippen LogP contribution in [0.25, 0.3) is 0 Å². The molecule has 0 aliphatic carbocycles. The summed E-state index contributed by atoms with van der Waals surface area (Å²) in [6.45, 7) is 0. The number of nitrogens with zero attached hydrogens (tertiary/aromatic N) is 1. The summed E-state index contributed by atoms with van der Waals surface area (Å²) < 4.78 is 1.31. The van der Waals surface area contributed by atoms with Gasteiger partial charge in [-0.2, -0.15) is 12.6 Å². The predicted molar refractivity (Wildman–Crippen MR) is 42.0 cm³/mol. The van der Waals surface area contributed by atoms with Crippen molar-refractivity contribution in [3.05, 3.63) is 0 Å². The van der Waals surface area contributed by atoms with Crippen LogP contribution in [-0.2, 0) is 4.79 Å². The van der Waals surface area contributed by atoms with Gasteiger partial charge in [-0.15, -0.1) is 0 Å². The lowest BCUT2D eigenvalue weighted by Crippen LogP contribution is -2.33. The first kappa shape index (κ1) is 9.13. The van der Waals surface area contributed by atoms with Crippen molar-refractivity contribution in [1.82, 2.24) is 4.31 Å². The Balaban J connectivity index is 3.83. The van der Waals surface area contributed by atoms with Gasteiger partial charge in [0.2, 0.25) is 0 Å². The maximum absolute atomic E-state index is 10.2. The Kier molecular flexibility index (Phi) is 4.09. The molecule has 0 fully saturated rings. The van der Waals surface area contributed by atoms with Crippen molar-refractivity contribution in [2.75, 3.05) is 12.8 Å². The third-order valence-corrected chi connectivity index (χ3v) is 1.53. The molecule has 0 aromatic rings. The Hall–Kier alpha value is 0.130. The molecule has 9 heavy (non-hydrogen) atoms. The summed E-state index contributed by atoms with van der Waals surface area (Å²) in [7, 11) is 1.58. The van der Waals surface area contributed by atoms with Gasteiger partial charge in [0.1, 0.15) is 6.04 Å². The van der Waals surface area contributed by atoms with Crippen LogP contribution < -0.4 is 0 Å². The van der Waals surface area contributed by atoms with Gasteiger partial charge in [0, 0.05) is 5.75 Å². The monoisotopic (exact) mass is 167 g/mol. The number of aliphatic carboxylic acids is 1. The molecule has 0 saturated carbocycles. The molecule has 0 bridgehead atoms. The van der Waals surface area contributed by atoms with Crippen molar-refractivity contribution in [1.29, 1.82) is 0 Å². The van der Waals surface area contributed by atoms with Crippen LogP contribution in [0.15, 0.2) is 0 Å². The zero-order valence-corrected chi connectivity index (χ0v) is 6.77. The first-order valence-corrected chi connectivity index (χ1v) is 3.38. The Labute approximate surface area is 65.0 Å². The smallest absolute Gasteiger partial charge is 0.322 e. The van der Waals surface area contributed by atoms with E-state index in [0.29, 0.717) is 0 Å². The highest BCUT2D eigenvalue weighted by atomic mass is 32.1. The van der Waals surface area contributed by atoms with Crippen molar-refractivity contribution in [2.24, 2.45) is 0 Å². The normalized spacial score (nSPS) is 13.8. The Morgan fingerprint density at radius 3 is 2.33 bits per heavy atom. The SMILES string of the molecule is CN(S)[C@H](CS)C(=O)O. The Morgan fingerprint density at radius 2 is 2.33 bits per heavy atom. The van der Waals surface area contributed by atoms with Crippen LogP contribution in [0.5, 0.6) is 0 Å². The summed E-state index contributed by atoms with van der Waals surface area (Å²) in [6, 6.07) is -0.600. The third kappa shape index (κ3) is 2.98. The van der Waals surface area contributed by atoms with Gasteiger partial charge in [0.15, 0.2) is 0 Å². The Bertz CT molecular complexity index is 107. The van der Waals surface area contributed by atoms with Crippen molar-refractivity contribution >= 4 is 31.4 Å². The summed E-state index contributed by atoms with van der Waals surface area (Å²) in [5, 5.41) is 8.40. The van der Waals surface area contributed by atoms with Crippen LogP contribution in [0, 0.1) is 0 Å². The zero-order chi connectivity index (χ0) is 7.44. The minimum atomic E-state index is -0.900. The van der Waals surface area contributed by atoms with Crippen LogP contribution in [-0.4, -0.2) is 34.2 Å². The molecule has 0 rings (SSSR count). The lowest BCUT2D eigenvalue weighted by atomic mass is 10.3. The summed E-state index contributed by atoms with van der Waals surface area (Å²) in [5.74, 6) is -0.627. The van der Waals surface area contributed by atoms with E-state index in [1.807, 2.05) is 0 Å². The second-order valence-electron chi connectivity index (χ2n) is 1.61. The molecule has 0 unspecified atom stereocenters. The first-order valence-electron chi connectivity index (χ1n) is 2.35. The molecule has 3 nitrogen and oxygen atoms in total. The van der Waals surface area contributed by atoms with Gasteiger partial charge < -0.3 is 5.11 Å². The van der Waals surface area contributed by atoms with E-state index in [-0.39, 0.29) is 5.75 Å². The highest BCUT2D eigenvalue weighted by Gasteiger charge is 2.17. The minimum Gasteiger partial charge on any atom is -0.480 e. The van der Waals surface area contributed by atoms with Crippen molar-refractivity contribution in [3.8, 4) is 0 Å². The number of likely N-dealkylation sites (N-methyl/N-ethyl adjacent to an activating group) is 1. The van der Waals surface area contributed by atoms with E-state index in [1.54, 1.807) is 7.05 Å². The molecule has 0 radical (unpaired) electrons. The molecule has 0 spiro atoms. The highest BCUT2D eigenvalue weighted by Crippen LogP contribution is 2.00. The standard InChI is InChI=1S/C4H9NO2S2/c1-5(9)3(2-8)4(6)7/h3,8-9H,2H2,1H3,(H,6,7)/t3-/m1/s1. The highest BCUT2D eigenvalue weighted by molar-refractivity contribution is 7.80. The van der Waals surface area contributed by atoms with E-state index in [0.717, 1.165) is 0 Å². The lowest BCUT2D eigenvalue weighted by molar-refractivity contribution is -0.140. The molecular weight excluding hydrogens is 158 g/mol. The maximum Gasteiger partial charge on any atom is 0.322 e. The number of carboxylic acids is 1. The van der Waals surface area contributed by atoms with Crippen LogP contribution in [0.1, 0.15) is 0 Å². The fraction of sp³-hybridized carbons (Fsp3) is 0.750. The van der Waals surface area contributed by atoms with E-state index < -0.39 is 12.0 Å². The molecule has 1 N–H and O–H groups in total. The van der Waals surface area contributed by atoms with Crippen LogP contribution in [0.3, 0.4) is 0 Å². The molecule has 0 aromatic carbocycles. The van der Waals surface area contributed by atoms with Crippen LogP contribution in [0.4, 0.5) is 0 Å². The van der Waals surface area contributed by atoms with Crippen LogP contribution >= 0.6 is 25.4 Å². The van der Waals surface area contributed by atoms with E-state index in [9.17, 15) is 4.79 Å². The molecule has 0 saturated heterocycles. The van der Waals surface area contributed by atoms with Gasteiger partial charge in [-0.25, -0.2) is 4.31 Å². The quantitative estimate of drug-likeness (QED) is 0.524.